The van der Waals surface area contributed by atoms with Crippen molar-refractivity contribution in [3.8, 4) is 11.5 Å². The van der Waals surface area contributed by atoms with Crippen LogP contribution in [0.2, 0.25) is 0 Å². The third kappa shape index (κ3) is 3.28. The van der Waals surface area contributed by atoms with Gasteiger partial charge in [-0.2, -0.15) is 13.2 Å². The predicted octanol–water partition coefficient (Wildman–Crippen LogP) is 5.79. The van der Waals surface area contributed by atoms with Crippen LogP contribution in [-0.4, -0.2) is 9.97 Å². The van der Waals surface area contributed by atoms with Crippen LogP contribution < -0.4 is 4.74 Å². The van der Waals surface area contributed by atoms with E-state index >= 15 is 0 Å². The normalized spacial score (nSPS) is 11.8. The van der Waals surface area contributed by atoms with Gasteiger partial charge in [0.25, 0.3) is 0 Å². The molecule has 0 atom stereocenters. The Balaban J connectivity index is 2.07. The minimum atomic E-state index is -4.66. The number of benzene rings is 1. The summed E-state index contributed by atoms with van der Waals surface area (Å²) in [7, 11) is 0. The van der Waals surface area contributed by atoms with Gasteiger partial charge in [0, 0.05) is 17.6 Å². The molecule has 3 rings (SSSR count). The lowest BCUT2D eigenvalue weighted by molar-refractivity contribution is -0.141. The van der Waals surface area contributed by atoms with Crippen molar-refractivity contribution in [3.63, 3.8) is 0 Å². The number of aryl methyl sites for hydroxylation is 1. The van der Waals surface area contributed by atoms with Crippen molar-refractivity contribution in [2.24, 2.45) is 0 Å². The summed E-state index contributed by atoms with van der Waals surface area (Å²) in [6, 6.07) is 4.85. The molecular weight excluding hydrogens is 411 g/mol. The Morgan fingerprint density at radius 2 is 1.80 bits per heavy atom. The minimum absolute atomic E-state index is 0.110. The Hall–Kier alpha value is -2.29. The second-order valence-corrected chi connectivity index (χ2v) is 5.87. The number of halogens is 6. The van der Waals surface area contributed by atoms with Crippen LogP contribution in [0.15, 0.2) is 34.9 Å². The standard InChI is InChI=1S/C16H8BrF5N2O/c1-7-11(6-8-2-3-9(18)13(19)14(8)24-7)25-10-4-5-23-15(12(10)17)16(20,21)22/h2-6H,1H3. The van der Waals surface area contributed by atoms with Crippen molar-refractivity contribution >= 4 is 26.8 Å². The molecule has 0 fully saturated rings. The van der Waals surface area contributed by atoms with Gasteiger partial charge in [-0.15, -0.1) is 0 Å². The van der Waals surface area contributed by atoms with Crippen LogP contribution in [0.1, 0.15) is 11.4 Å². The zero-order chi connectivity index (χ0) is 18.4. The number of pyridine rings is 2. The summed E-state index contributed by atoms with van der Waals surface area (Å²) in [6.45, 7) is 1.47. The molecule has 0 spiro atoms. The molecule has 9 heteroatoms. The maximum Gasteiger partial charge on any atom is 0.434 e. The van der Waals surface area contributed by atoms with Crippen LogP contribution in [0.3, 0.4) is 0 Å². The second kappa shape index (κ2) is 6.21. The highest BCUT2D eigenvalue weighted by atomic mass is 79.9. The monoisotopic (exact) mass is 418 g/mol. The summed E-state index contributed by atoms with van der Waals surface area (Å²) in [5, 5.41) is 0.251. The number of nitrogens with zero attached hydrogens (tertiary/aromatic N) is 2. The van der Waals surface area contributed by atoms with Gasteiger partial charge in [0.1, 0.15) is 17.0 Å². The summed E-state index contributed by atoms with van der Waals surface area (Å²) in [4.78, 5) is 7.23. The van der Waals surface area contributed by atoms with Crippen molar-refractivity contribution in [1.29, 1.82) is 0 Å². The van der Waals surface area contributed by atoms with E-state index in [4.69, 9.17) is 4.74 Å². The predicted molar refractivity (Wildman–Crippen MR) is 83.4 cm³/mol. The molecule has 1 aromatic carbocycles. The second-order valence-electron chi connectivity index (χ2n) is 5.08. The van der Waals surface area contributed by atoms with E-state index in [0.29, 0.717) is 0 Å². The molecule has 25 heavy (non-hydrogen) atoms. The molecule has 0 bridgehead atoms. The van der Waals surface area contributed by atoms with E-state index in [9.17, 15) is 22.0 Å². The summed E-state index contributed by atoms with van der Waals surface area (Å²) in [5.74, 6) is -2.16. The molecular formula is C16H8BrF5N2O. The molecule has 3 aromatic rings. The number of rotatable bonds is 2. The molecule has 0 N–H and O–H groups in total. The van der Waals surface area contributed by atoms with E-state index in [2.05, 4.69) is 25.9 Å². The zero-order valence-electron chi connectivity index (χ0n) is 12.5. The van der Waals surface area contributed by atoms with Crippen molar-refractivity contribution < 1.29 is 26.7 Å². The van der Waals surface area contributed by atoms with Gasteiger partial charge in [0.2, 0.25) is 0 Å². The number of aromatic nitrogens is 2. The van der Waals surface area contributed by atoms with E-state index in [1.54, 1.807) is 0 Å². The number of ether oxygens (including phenoxy) is 1. The Kier molecular flexibility index (Phi) is 4.36. The van der Waals surface area contributed by atoms with Gasteiger partial charge in [-0.3, -0.25) is 4.98 Å². The van der Waals surface area contributed by atoms with Crippen molar-refractivity contribution in [1.82, 2.24) is 9.97 Å². The molecule has 2 heterocycles. The Morgan fingerprint density at radius 1 is 1.08 bits per heavy atom. The third-order valence-corrected chi connectivity index (χ3v) is 4.13. The third-order valence-electron chi connectivity index (χ3n) is 3.37. The molecule has 0 aliphatic rings. The Morgan fingerprint density at radius 3 is 2.48 bits per heavy atom. The highest BCUT2D eigenvalue weighted by molar-refractivity contribution is 9.10. The Bertz CT molecular complexity index is 975. The molecule has 0 saturated carbocycles. The summed E-state index contributed by atoms with van der Waals surface area (Å²) >= 11 is 2.83. The van der Waals surface area contributed by atoms with Crippen molar-refractivity contribution in [3.05, 3.63) is 58.0 Å². The zero-order valence-corrected chi connectivity index (χ0v) is 14.0. The molecule has 130 valence electrons. The molecule has 0 aliphatic carbocycles. The topological polar surface area (TPSA) is 35.0 Å². The van der Waals surface area contributed by atoms with Gasteiger partial charge in [-0.1, -0.05) is 0 Å². The van der Waals surface area contributed by atoms with Crippen LogP contribution in [0.25, 0.3) is 10.9 Å². The lowest BCUT2D eigenvalue weighted by atomic mass is 10.2. The summed E-state index contributed by atoms with van der Waals surface area (Å²) < 4.78 is 70.9. The van der Waals surface area contributed by atoms with Crippen LogP contribution in [-0.2, 0) is 6.18 Å². The fraction of sp³-hybridized carbons (Fsp3) is 0.125. The fourth-order valence-electron chi connectivity index (χ4n) is 2.18. The van der Waals surface area contributed by atoms with Crippen LogP contribution in [0.5, 0.6) is 11.5 Å². The summed E-state index contributed by atoms with van der Waals surface area (Å²) in [5.41, 5.74) is -1.13. The minimum Gasteiger partial charge on any atom is -0.454 e. The van der Waals surface area contributed by atoms with Crippen molar-refractivity contribution in [2.75, 3.05) is 0 Å². The first-order chi connectivity index (χ1) is 11.7. The van der Waals surface area contributed by atoms with Gasteiger partial charge in [0.15, 0.2) is 17.3 Å². The molecule has 0 aliphatic heterocycles. The number of hydrogen-bond acceptors (Lipinski definition) is 3. The first-order valence-electron chi connectivity index (χ1n) is 6.83. The Labute approximate surface area is 146 Å². The average molecular weight is 419 g/mol. The molecule has 2 aromatic heterocycles. The smallest absolute Gasteiger partial charge is 0.434 e. The van der Waals surface area contributed by atoms with Crippen LogP contribution in [0, 0.1) is 18.6 Å². The van der Waals surface area contributed by atoms with E-state index in [1.165, 1.54) is 25.1 Å². The van der Waals surface area contributed by atoms with E-state index in [-0.39, 0.29) is 32.6 Å². The van der Waals surface area contributed by atoms with E-state index < -0.39 is 23.5 Å². The van der Waals surface area contributed by atoms with E-state index in [0.717, 1.165) is 12.3 Å². The first kappa shape index (κ1) is 17.5. The van der Waals surface area contributed by atoms with Gasteiger partial charge < -0.3 is 4.74 Å². The highest BCUT2D eigenvalue weighted by Crippen LogP contribution is 2.40. The largest absolute Gasteiger partial charge is 0.454 e. The number of hydrogen-bond donors (Lipinski definition) is 0. The quantitative estimate of drug-likeness (QED) is 0.494. The molecule has 0 radical (unpaired) electrons. The van der Waals surface area contributed by atoms with Crippen LogP contribution >= 0.6 is 15.9 Å². The summed E-state index contributed by atoms with van der Waals surface area (Å²) in [6.07, 6.45) is -3.70. The van der Waals surface area contributed by atoms with Crippen LogP contribution in [0.4, 0.5) is 22.0 Å². The van der Waals surface area contributed by atoms with Gasteiger partial charge in [0.05, 0.1) is 10.2 Å². The van der Waals surface area contributed by atoms with Gasteiger partial charge in [-0.25, -0.2) is 13.8 Å². The average Bonchev–Trinajstić information content (AvgIpc) is 2.53. The van der Waals surface area contributed by atoms with Gasteiger partial charge >= 0.3 is 6.18 Å². The highest BCUT2D eigenvalue weighted by Gasteiger charge is 2.36. The maximum absolute atomic E-state index is 13.8. The maximum atomic E-state index is 13.8. The molecule has 0 unspecified atom stereocenters. The van der Waals surface area contributed by atoms with Crippen molar-refractivity contribution in [2.45, 2.75) is 13.1 Å². The SMILES string of the molecule is Cc1nc2c(F)c(F)ccc2cc1Oc1ccnc(C(F)(F)F)c1Br. The fourth-order valence-corrected chi connectivity index (χ4v) is 2.72. The molecule has 0 saturated heterocycles. The number of fused-ring (bicyclic) bond motifs is 1. The number of alkyl halides is 3. The van der Waals surface area contributed by atoms with E-state index in [1.807, 2.05) is 0 Å². The lowest BCUT2D eigenvalue weighted by Crippen LogP contribution is -2.09. The molecule has 0 amide bonds. The van der Waals surface area contributed by atoms with Gasteiger partial charge in [-0.05, 0) is 41.1 Å². The first-order valence-corrected chi connectivity index (χ1v) is 7.62. The molecule has 3 nitrogen and oxygen atoms in total. The lowest BCUT2D eigenvalue weighted by Gasteiger charge is -2.14.